The number of fused-ring (bicyclic) bond motifs is 1. The minimum Gasteiger partial charge on any atom is -0.192 e. The lowest BCUT2D eigenvalue weighted by molar-refractivity contribution is 0.938. The molecule has 1 heterocycles. The van der Waals surface area contributed by atoms with Crippen LogP contribution in [-0.2, 0) is 6.42 Å². The highest BCUT2D eigenvalue weighted by molar-refractivity contribution is 5.84. The van der Waals surface area contributed by atoms with Crippen molar-refractivity contribution in [3.8, 4) is 6.07 Å². The third-order valence-corrected chi connectivity index (χ3v) is 2.19. The van der Waals surface area contributed by atoms with Crippen LogP contribution in [0.5, 0.6) is 0 Å². The van der Waals surface area contributed by atoms with Gasteiger partial charge >= 0.3 is 0 Å². The molecule has 2 rings (SSSR count). The van der Waals surface area contributed by atoms with Gasteiger partial charge in [0.1, 0.15) is 6.07 Å². The quantitative estimate of drug-likeness (QED) is 0.680. The summed E-state index contributed by atoms with van der Waals surface area (Å²) in [6, 6.07) is 9.75. The second-order valence-corrected chi connectivity index (χ2v) is 3.00. The molecule has 3 heteroatoms. The maximum absolute atomic E-state index is 9.03. The zero-order valence-electron chi connectivity index (χ0n) is 7.86. The van der Waals surface area contributed by atoms with Crippen molar-refractivity contribution in [1.82, 2.24) is 10.2 Å². The predicted molar refractivity (Wildman–Crippen MR) is 53.6 cm³/mol. The van der Waals surface area contributed by atoms with Gasteiger partial charge in [0.05, 0.1) is 16.8 Å². The molecule has 68 valence electrons. The lowest BCUT2D eigenvalue weighted by Crippen LogP contribution is -1.97. The van der Waals surface area contributed by atoms with Gasteiger partial charge in [-0.3, -0.25) is 0 Å². The van der Waals surface area contributed by atoms with Gasteiger partial charge in [0.2, 0.25) is 0 Å². The van der Waals surface area contributed by atoms with E-state index in [2.05, 4.69) is 16.3 Å². The molecular weight excluding hydrogens is 174 g/mol. The van der Waals surface area contributed by atoms with E-state index in [-0.39, 0.29) is 0 Å². The van der Waals surface area contributed by atoms with Gasteiger partial charge in [-0.05, 0) is 12.5 Å². The second-order valence-electron chi connectivity index (χ2n) is 3.00. The van der Waals surface area contributed by atoms with Gasteiger partial charge in [0.25, 0.3) is 0 Å². The molecule has 0 bridgehead atoms. The largest absolute Gasteiger partial charge is 0.192 e. The number of nitrogens with zero attached hydrogens (tertiary/aromatic N) is 3. The van der Waals surface area contributed by atoms with Crippen LogP contribution in [0.3, 0.4) is 0 Å². The number of rotatable bonds is 1. The standard InChI is InChI=1S/C11H9N3/c1-2-10-9(7-12)8-5-3-4-6-11(8)14-13-10/h3-6H,2H2,1H3. The van der Waals surface area contributed by atoms with E-state index in [1.807, 2.05) is 31.2 Å². The molecule has 0 amide bonds. The van der Waals surface area contributed by atoms with Crippen molar-refractivity contribution >= 4 is 10.9 Å². The number of hydrogen-bond donors (Lipinski definition) is 0. The highest BCUT2D eigenvalue weighted by Crippen LogP contribution is 2.17. The fraction of sp³-hybridized carbons (Fsp3) is 0.182. The van der Waals surface area contributed by atoms with Crippen LogP contribution in [0.1, 0.15) is 18.2 Å². The molecule has 3 nitrogen and oxygen atoms in total. The number of nitriles is 1. The number of aromatic nitrogens is 2. The molecule has 0 aliphatic rings. The van der Waals surface area contributed by atoms with Gasteiger partial charge in [-0.1, -0.05) is 25.1 Å². The fourth-order valence-corrected chi connectivity index (χ4v) is 1.46. The smallest absolute Gasteiger partial charge is 0.102 e. The summed E-state index contributed by atoms with van der Waals surface area (Å²) in [6.07, 6.45) is 0.737. The zero-order chi connectivity index (χ0) is 9.97. The summed E-state index contributed by atoms with van der Waals surface area (Å²) >= 11 is 0. The average molecular weight is 183 g/mol. The lowest BCUT2D eigenvalue weighted by Gasteiger charge is -2.01. The monoisotopic (exact) mass is 183 g/mol. The van der Waals surface area contributed by atoms with E-state index in [0.717, 1.165) is 23.0 Å². The molecule has 1 aromatic carbocycles. The molecule has 0 aliphatic heterocycles. The third-order valence-electron chi connectivity index (χ3n) is 2.19. The van der Waals surface area contributed by atoms with Crippen molar-refractivity contribution < 1.29 is 0 Å². The molecule has 0 radical (unpaired) electrons. The predicted octanol–water partition coefficient (Wildman–Crippen LogP) is 2.06. The first-order chi connectivity index (χ1) is 6.86. The zero-order valence-corrected chi connectivity index (χ0v) is 7.86. The van der Waals surface area contributed by atoms with E-state index in [1.54, 1.807) is 0 Å². The first kappa shape index (κ1) is 8.64. The number of hydrogen-bond acceptors (Lipinski definition) is 3. The van der Waals surface area contributed by atoms with E-state index in [4.69, 9.17) is 5.26 Å². The Hall–Kier alpha value is -1.95. The molecule has 14 heavy (non-hydrogen) atoms. The Bertz CT molecular complexity index is 511. The lowest BCUT2D eigenvalue weighted by atomic mass is 10.1. The van der Waals surface area contributed by atoms with Gasteiger partial charge in [0.15, 0.2) is 0 Å². The Morgan fingerprint density at radius 3 is 2.79 bits per heavy atom. The Labute approximate surface area is 82.0 Å². The van der Waals surface area contributed by atoms with E-state index in [1.165, 1.54) is 0 Å². The SMILES string of the molecule is CCc1nnc2ccccc2c1C#N. The van der Waals surface area contributed by atoms with Gasteiger partial charge in [-0.15, -0.1) is 0 Å². The van der Waals surface area contributed by atoms with Crippen LogP contribution in [0, 0.1) is 11.3 Å². The Morgan fingerprint density at radius 1 is 1.29 bits per heavy atom. The van der Waals surface area contributed by atoms with Crippen molar-refractivity contribution in [2.75, 3.05) is 0 Å². The minimum absolute atomic E-state index is 0.651. The van der Waals surface area contributed by atoms with Crippen LogP contribution in [0.25, 0.3) is 10.9 Å². The van der Waals surface area contributed by atoms with Crippen molar-refractivity contribution in [2.45, 2.75) is 13.3 Å². The first-order valence-electron chi connectivity index (χ1n) is 4.51. The fourth-order valence-electron chi connectivity index (χ4n) is 1.46. The van der Waals surface area contributed by atoms with Crippen LogP contribution < -0.4 is 0 Å². The van der Waals surface area contributed by atoms with E-state index in [0.29, 0.717) is 5.56 Å². The Morgan fingerprint density at radius 2 is 2.07 bits per heavy atom. The summed E-state index contributed by atoms with van der Waals surface area (Å²) < 4.78 is 0. The molecule has 2 aromatic rings. The molecule has 0 unspecified atom stereocenters. The Kier molecular flexibility index (Phi) is 2.11. The highest BCUT2D eigenvalue weighted by Gasteiger charge is 2.07. The molecule has 0 spiro atoms. The molecule has 0 N–H and O–H groups in total. The van der Waals surface area contributed by atoms with E-state index >= 15 is 0 Å². The van der Waals surface area contributed by atoms with Crippen LogP contribution in [0.4, 0.5) is 0 Å². The first-order valence-corrected chi connectivity index (χ1v) is 4.51. The van der Waals surface area contributed by atoms with Gasteiger partial charge < -0.3 is 0 Å². The summed E-state index contributed by atoms with van der Waals surface area (Å²) in [7, 11) is 0. The van der Waals surface area contributed by atoms with Crippen molar-refractivity contribution in [1.29, 1.82) is 5.26 Å². The van der Waals surface area contributed by atoms with Crippen molar-refractivity contribution in [3.05, 3.63) is 35.5 Å². The summed E-state index contributed by atoms with van der Waals surface area (Å²) in [5.41, 5.74) is 2.20. The molecule has 0 atom stereocenters. The average Bonchev–Trinajstić information content (AvgIpc) is 2.27. The molecule has 0 saturated carbocycles. The summed E-state index contributed by atoms with van der Waals surface area (Å²) in [5.74, 6) is 0. The van der Waals surface area contributed by atoms with Crippen molar-refractivity contribution in [3.63, 3.8) is 0 Å². The van der Waals surface area contributed by atoms with Gasteiger partial charge in [0, 0.05) is 5.39 Å². The van der Waals surface area contributed by atoms with Gasteiger partial charge in [-0.25, -0.2) is 0 Å². The maximum atomic E-state index is 9.03. The maximum Gasteiger partial charge on any atom is 0.102 e. The molecule has 0 aliphatic carbocycles. The van der Waals surface area contributed by atoms with Gasteiger partial charge in [-0.2, -0.15) is 15.5 Å². The number of aryl methyl sites for hydroxylation is 1. The third kappa shape index (κ3) is 1.21. The minimum atomic E-state index is 0.651. The number of benzene rings is 1. The van der Waals surface area contributed by atoms with E-state index in [9.17, 15) is 0 Å². The van der Waals surface area contributed by atoms with Crippen LogP contribution >= 0.6 is 0 Å². The van der Waals surface area contributed by atoms with Crippen molar-refractivity contribution in [2.24, 2.45) is 0 Å². The van der Waals surface area contributed by atoms with Crippen LogP contribution in [0.15, 0.2) is 24.3 Å². The summed E-state index contributed by atoms with van der Waals surface area (Å²) in [6.45, 7) is 1.97. The molecular formula is C11H9N3. The highest BCUT2D eigenvalue weighted by atomic mass is 15.1. The topological polar surface area (TPSA) is 49.6 Å². The summed E-state index contributed by atoms with van der Waals surface area (Å²) in [4.78, 5) is 0. The van der Waals surface area contributed by atoms with Crippen LogP contribution in [-0.4, -0.2) is 10.2 Å². The molecule has 0 fully saturated rings. The summed E-state index contributed by atoms with van der Waals surface area (Å²) in [5, 5.41) is 18.0. The second kappa shape index (κ2) is 3.43. The molecule has 1 aromatic heterocycles. The normalized spacial score (nSPS) is 10.0. The van der Waals surface area contributed by atoms with E-state index < -0.39 is 0 Å². The Balaban J connectivity index is 2.85. The van der Waals surface area contributed by atoms with Crippen LogP contribution in [0.2, 0.25) is 0 Å². The molecule has 0 saturated heterocycles.